The Kier molecular flexibility index (Phi) is 3.63. The van der Waals surface area contributed by atoms with Crippen LogP contribution in [0.2, 0.25) is 5.22 Å². The largest absolute Gasteiger partial charge is 0.452 e. The molecule has 0 aliphatic rings. The molecule has 0 unspecified atom stereocenters. The fourth-order valence-corrected chi connectivity index (χ4v) is 1.75. The molecule has 20 heavy (non-hydrogen) atoms. The number of nitrogen functional groups attached to an aromatic ring is 1. The lowest BCUT2D eigenvalue weighted by atomic mass is 10.1. The highest BCUT2D eigenvalue weighted by Gasteiger charge is 2.34. The Hall–Kier alpha value is -2.15. The number of nitrogens with one attached hydrogen (secondary N) is 1. The quantitative estimate of drug-likeness (QED) is 0.829. The van der Waals surface area contributed by atoms with Crippen molar-refractivity contribution in [3.05, 3.63) is 46.9 Å². The monoisotopic (exact) mass is 304 g/mol. The van der Waals surface area contributed by atoms with E-state index in [1.165, 1.54) is 12.1 Å². The average Bonchev–Trinajstić information content (AvgIpc) is 2.76. The standard InChI is InChI=1S/C12H8ClF3N2O2/c13-10-7(3-4-20-10)11(19)18-9-2-1-6(17)5-8(9)12(14,15)16/h1-5H,17H2,(H,18,19). The van der Waals surface area contributed by atoms with Crippen LogP contribution < -0.4 is 11.1 Å². The summed E-state index contributed by atoms with van der Waals surface area (Å²) in [6.45, 7) is 0. The van der Waals surface area contributed by atoms with E-state index in [2.05, 4.69) is 5.32 Å². The van der Waals surface area contributed by atoms with Crippen LogP contribution in [-0.4, -0.2) is 5.91 Å². The summed E-state index contributed by atoms with van der Waals surface area (Å²) in [4.78, 5) is 11.8. The molecule has 0 bridgehead atoms. The Morgan fingerprint density at radius 1 is 1.30 bits per heavy atom. The predicted molar refractivity (Wildman–Crippen MR) is 67.5 cm³/mol. The molecule has 0 spiro atoms. The molecule has 0 atom stereocenters. The third-order valence-corrected chi connectivity index (χ3v) is 2.75. The van der Waals surface area contributed by atoms with E-state index in [0.29, 0.717) is 0 Å². The summed E-state index contributed by atoms with van der Waals surface area (Å²) < 4.78 is 43.2. The second kappa shape index (κ2) is 5.09. The zero-order valence-corrected chi connectivity index (χ0v) is 10.5. The Bertz CT molecular complexity index is 652. The van der Waals surface area contributed by atoms with Crippen molar-refractivity contribution in [2.75, 3.05) is 11.1 Å². The van der Waals surface area contributed by atoms with Gasteiger partial charge in [-0.1, -0.05) is 0 Å². The number of rotatable bonds is 2. The molecule has 0 fully saturated rings. The molecule has 1 aromatic carbocycles. The molecule has 0 saturated heterocycles. The van der Waals surface area contributed by atoms with Crippen LogP contribution >= 0.6 is 11.6 Å². The number of benzene rings is 1. The first-order valence-corrected chi connectivity index (χ1v) is 5.68. The summed E-state index contributed by atoms with van der Waals surface area (Å²) in [5, 5.41) is 1.93. The van der Waals surface area contributed by atoms with Crippen LogP contribution in [0, 0.1) is 0 Å². The first kappa shape index (κ1) is 14.3. The predicted octanol–water partition coefficient (Wildman–Crippen LogP) is 3.79. The van der Waals surface area contributed by atoms with Crippen LogP contribution in [0.3, 0.4) is 0 Å². The SMILES string of the molecule is Nc1ccc(NC(=O)c2ccoc2Cl)c(C(F)(F)F)c1. The maximum Gasteiger partial charge on any atom is 0.418 e. The van der Waals surface area contributed by atoms with Gasteiger partial charge in [0.1, 0.15) is 0 Å². The zero-order chi connectivity index (χ0) is 14.9. The highest BCUT2D eigenvalue weighted by molar-refractivity contribution is 6.32. The number of hydrogen-bond acceptors (Lipinski definition) is 3. The molecule has 3 N–H and O–H groups in total. The minimum absolute atomic E-state index is 0.0586. The summed E-state index contributed by atoms with van der Waals surface area (Å²) in [7, 11) is 0. The average molecular weight is 305 g/mol. The van der Waals surface area contributed by atoms with Gasteiger partial charge >= 0.3 is 6.18 Å². The number of anilines is 2. The number of hydrogen-bond donors (Lipinski definition) is 2. The molecular formula is C12H8ClF3N2O2. The lowest BCUT2D eigenvalue weighted by Gasteiger charge is -2.14. The molecule has 0 aliphatic heterocycles. The molecule has 1 heterocycles. The lowest BCUT2D eigenvalue weighted by molar-refractivity contribution is -0.136. The Morgan fingerprint density at radius 2 is 2.00 bits per heavy atom. The van der Waals surface area contributed by atoms with Gasteiger partial charge in [-0.05, 0) is 35.9 Å². The van der Waals surface area contributed by atoms with Crippen molar-refractivity contribution in [3.63, 3.8) is 0 Å². The zero-order valence-electron chi connectivity index (χ0n) is 9.79. The number of nitrogens with two attached hydrogens (primary N) is 1. The molecule has 8 heteroatoms. The Balaban J connectivity index is 2.35. The molecule has 1 aromatic heterocycles. The first-order valence-electron chi connectivity index (χ1n) is 5.30. The van der Waals surface area contributed by atoms with Crippen molar-refractivity contribution in [2.24, 2.45) is 0 Å². The first-order chi connectivity index (χ1) is 9.29. The second-order valence-electron chi connectivity index (χ2n) is 3.86. The Labute approximate surface area is 116 Å². The third kappa shape index (κ3) is 2.88. The fourth-order valence-electron chi connectivity index (χ4n) is 1.55. The van der Waals surface area contributed by atoms with Gasteiger partial charge in [-0.15, -0.1) is 0 Å². The van der Waals surface area contributed by atoms with Gasteiger partial charge in [-0.3, -0.25) is 4.79 Å². The number of furan rings is 1. The second-order valence-corrected chi connectivity index (χ2v) is 4.21. The topological polar surface area (TPSA) is 68.3 Å². The van der Waals surface area contributed by atoms with Gasteiger partial charge in [-0.25, -0.2) is 0 Å². The van der Waals surface area contributed by atoms with E-state index in [4.69, 9.17) is 21.8 Å². The van der Waals surface area contributed by atoms with E-state index in [-0.39, 0.29) is 16.5 Å². The molecule has 0 aliphatic carbocycles. The van der Waals surface area contributed by atoms with Gasteiger partial charge in [0.2, 0.25) is 5.22 Å². The summed E-state index contributed by atoms with van der Waals surface area (Å²) in [6, 6.07) is 4.32. The van der Waals surface area contributed by atoms with Crippen LogP contribution in [0.4, 0.5) is 24.5 Å². The minimum Gasteiger partial charge on any atom is -0.452 e. The van der Waals surface area contributed by atoms with Crippen LogP contribution in [0.15, 0.2) is 34.9 Å². The van der Waals surface area contributed by atoms with Crippen molar-refractivity contribution in [1.82, 2.24) is 0 Å². The highest BCUT2D eigenvalue weighted by Crippen LogP contribution is 2.36. The normalized spacial score (nSPS) is 11.4. The van der Waals surface area contributed by atoms with Crippen LogP contribution in [-0.2, 0) is 6.18 Å². The molecule has 0 saturated carbocycles. The van der Waals surface area contributed by atoms with Crippen LogP contribution in [0.1, 0.15) is 15.9 Å². The van der Waals surface area contributed by atoms with Crippen LogP contribution in [0.25, 0.3) is 0 Å². The van der Waals surface area contributed by atoms with Gasteiger partial charge < -0.3 is 15.5 Å². The number of halogens is 4. The van der Waals surface area contributed by atoms with E-state index in [9.17, 15) is 18.0 Å². The number of carbonyl (C=O) groups is 1. The van der Waals surface area contributed by atoms with Gasteiger partial charge in [0.05, 0.1) is 23.1 Å². The van der Waals surface area contributed by atoms with Crippen molar-refractivity contribution in [2.45, 2.75) is 6.18 Å². The van der Waals surface area contributed by atoms with E-state index < -0.39 is 23.3 Å². The van der Waals surface area contributed by atoms with E-state index in [0.717, 1.165) is 18.4 Å². The maximum atomic E-state index is 12.8. The fraction of sp³-hybridized carbons (Fsp3) is 0.0833. The number of amides is 1. The van der Waals surface area contributed by atoms with E-state index in [1.54, 1.807) is 0 Å². The van der Waals surface area contributed by atoms with Gasteiger partial charge in [0.15, 0.2) is 0 Å². The van der Waals surface area contributed by atoms with E-state index in [1.807, 2.05) is 0 Å². The smallest absolute Gasteiger partial charge is 0.418 e. The van der Waals surface area contributed by atoms with Gasteiger partial charge in [-0.2, -0.15) is 13.2 Å². The lowest BCUT2D eigenvalue weighted by Crippen LogP contribution is -2.16. The molecule has 106 valence electrons. The van der Waals surface area contributed by atoms with Crippen molar-refractivity contribution >= 4 is 28.9 Å². The van der Waals surface area contributed by atoms with Crippen molar-refractivity contribution in [1.29, 1.82) is 0 Å². The highest BCUT2D eigenvalue weighted by atomic mass is 35.5. The Morgan fingerprint density at radius 3 is 2.55 bits per heavy atom. The molecule has 2 aromatic rings. The van der Waals surface area contributed by atoms with Crippen molar-refractivity contribution < 1.29 is 22.4 Å². The summed E-state index contributed by atoms with van der Waals surface area (Å²) in [6.07, 6.45) is -3.48. The maximum absolute atomic E-state index is 12.8. The minimum atomic E-state index is -4.64. The molecule has 2 rings (SSSR count). The van der Waals surface area contributed by atoms with Crippen LogP contribution in [0.5, 0.6) is 0 Å². The van der Waals surface area contributed by atoms with Crippen molar-refractivity contribution in [3.8, 4) is 0 Å². The molecule has 0 radical (unpaired) electrons. The number of alkyl halides is 3. The molecule has 1 amide bonds. The third-order valence-electron chi connectivity index (χ3n) is 2.46. The summed E-state index contributed by atoms with van der Waals surface area (Å²) >= 11 is 5.59. The summed E-state index contributed by atoms with van der Waals surface area (Å²) in [5.74, 6) is -0.806. The number of carbonyl (C=O) groups excluding carboxylic acids is 1. The summed E-state index contributed by atoms with van der Waals surface area (Å²) in [5.41, 5.74) is 3.76. The van der Waals surface area contributed by atoms with Gasteiger partial charge in [0, 0.05) is 5.69 Å². The van der Waals surface area contributed by atoms with Gasteiger partial charge in [0.25, 0.3) is 5.91 Å². The van der Waals surface area contributed by atoms with E-state index >= 15 is 0 Å². The molecule has 4 nitrogen and oxygen atoms in total. The molecular weight excluding hydrogens is 297 g/mol.